The van der Waals surface area contributed by atoms with Crippen molar-refractivity contribution >= 4 is 33.5 Å². The van der Waals surface area contributed by atoms with Gasteiger partial charge in [0, 0.05) is 16.8 Å². The minimum Gasteiger partial charge on any atom is -0.384 e. The van der Waals surface area contributed by atoms with Gasteiger partial charge in [0.15, 0.2) is 0 Å². The second-order valence-corrected chi connectivity index (χ2v) is 8.33. The lowest BCUT2D eigenvalue weighted by atomic mass is 9.94. The molecule has 0 heterocycles. The minimum atomic E-state index is -4.14. The maximum absolute atomic E-state index is 13.8. The number of benzene rings is 3. The van der Waals surface area contributed by atoms with E-state index in [1.807, 2.05) is 0 Å². The summed E-state index contributed by atoms with van der Waals surface area (Å²) in [5, 5.41) is 10.1. The molecule has 3 aromatic rings. The van der Waals surface area contributed by atoms with Crippen molar-refractivity contribution in [2.45, 2.75) is 0 Å². The molecule has 32 heavy (non-hydrogen) atoms. The fourth-order valence-electron chi connectivity index (χ4n) is 2.95. The Bertz CT molecular complexity index is 1320. The van der Waals surface area contributed by atoms with E-state index < -0.39 is 27.8 Å². The predicted octanol–water partition coefficient (Wildman–Crippen LogP) is 3.15. The van der Waals surface area contributed by atoms with Crippen molar-refractivity contribution in [1.29, 1.82) is 5.41 Å². The topological polar surface area (TPSA) is 139 Å². The maximum atomic E-state index is 13.8. The number of hydrogen-bond acceptors (Lipinski definition) is 6. The van der Waals surface area contributed by atoms with E-state index in [9.17, 15) is 22.4 Å². The number of nitrogen functional groups attached to an aromatic ring is 1. The standard InChI is InChI=1S/C22H18FN3O5S/c1-32(29,30)31-22(28)19-12-14(23)8-11-17(19)16-4-2-3-5-18(16)21(27)26-15-9-6-13(7-10-15)20(24)25/h2-12H,1H3,(H3,24,25)(H,26,27). The van der Waals surface area contributed by atoms with Gasteiger partial charge in [0.1, 0.15) is 11.7 Å². The van der Waals surface area contributed by atoms with Gasteiger partial charge in [-0.25, -0.2) is 9.18 Å². The molecule has 10 heteroatoms. The van der Waals surface area contributed by atoms with E-state index in [0.29, 0.717) is 17.5 Å². The highest BCUT2D eigenvalue weighted by molar-refractivity contribution is 7.86. The number of carbonyl (C=O) groups excluding carboxylic acids is 2. The fraction of sp³-hybridized carbons (Fsp3) is 0.0455. The molecular weight excluding hydrogens is 437 g/mol. The zero-order valence-corrected chi connectivity index (χ0v) is 17.6. The van der Waals surface area contributed by atoms with Gasteiger partial charge in [-0.15, -0.1) is 0 Å². The molecule has 0 atom stereocenters. The van der Waals surface area contributed by atoms with Crippen molar-refractivity contribution < 1.29 is 26.6 Å². The number of hydrogen-bond donors (Lipinski definition) is 3. The molecule has 1 amide bonds. The zero-order chi connectivity index (χ0) is 23.5. The van der Waals surface area contributed by atoms with E-state index in [1.54, 1.807) is 36.4 Å². The number of carbonyl (C=O) groups is 2. The van der Waals surface area contributed by atoms with Gasteiger partial charge < -0.3 is 15.2 Å². The lowest BCUT2D eigenvalue weighted by molar-refractivity contribution is 0.0748. The molecular formula is C22H18FN3O5S. The van der Waals surface area contributed by atoms with E-state index in [-0.39, 0.29) is 28.1 Å². The van der Waals surface area contributed by atoms with Crippen LogP contribution in [0.4, 0.5) is 10.1 Å². The molecule has 3 aromatic carbocycles. The van der Waals surface area contributed by atoms with Crippen LogP contribution >= 0.6 is 0 Å². The molecule has 0 saturated carbocycles. The number of rotatable bonds is 6. The van der Waals surface area contributed by atoms with Crippen molar-refractivity contribution in [3.63, 3.8) is 0 Å². The zero-order valence-electron chi connectivity index (χ0n) is 16.8. The van der Waals surface area contributed by atoms with Crippen molar-refractivity contribution in [1.82, 2.24) is 0 Å². The first-order chi connectivity index (χ1) is 15.0. The highest BCUT2D eigenvalue weighted by atomic mass is 32.2. The molecule has 8 nitrogen and oxygen atoms in total. The average Bonchev–Trinajstić information content (AvgIpc) is 2.73. The number of anilines is 1. The molecule has 0 aromatic heterocycles. The Morgan fingerprint density at radius 1 is 0.969 bits per heavy atom. The number of halogens is 1. The summed E-state index contributed by atoms with van der Waals surface area (Å²) < 4.78 is 41.0. The predicted molar refractivity (Wildman–Crippen MR) is 118 cm³/mol. The van der Waals surface area contributed by atoms with E-state index in [1.165, 1.54) is 18.2 Å². The van der Waals surface area contributed by atoms with Crippen LogP contribution in [0.2, 0.25) is 0 Å². The molecule has 0 unspecified atom stereocenters. The smallest absolute Gasteiger partial charge is 0.354 e. The number of nitrogens with one attached hydrogen (secondary N) is 2. The molecule has 164 valence electrons. The summed E-state index contributed by atoms with van der Waals surface area (Å²) in [5.41, 5.74) is 6.55. The fourth-order valence-corrected chi connectivity index (χ4v) is 3.31. The third-order valence-electron chi connectivity index (χ3n) is 4.34. The first kappa shape index (κ1) is 22.6. The van der Waals surface area contributed by atoms with E-state index in [0.717, 1.165) is 12.1 Å². The van der Waals surface area contributed by atoms with Crippen LogP contribution in [0.5, 0.6) is 0 Å². The van der Waals surface area contributed by atoms with Crippen molar-refractivity contribution in [3.05, 3.63) is 89.2 Å². The van der Waals surface area contributed by atoms with Gasteiger partial charge in [0.2, 0.25) is 0 Å². The lowest BCUT2D eigenvalue weighted by Crippen LogP contribution is -2.16. The highest BCUT2D eigenvalue weighted by Gasteiger charge is 2.22. The number of nitrogens with two attached hydrogens (primary N) is 1. The van der Waals surface area contributed by atoms with Crippen LogP contribution in [0.3, 0.4) is 0 Å². The largest absolute Gasteiger partial charge is 0.384 e. The van der Waals surface area contributed by atoms with Gasteiger partial charge in [-0.1, -0.05) is 24.3 Å². The average molecular weight is 455 g/mol. The van der Waals surface area contributed by atoms with Gasteiger partial charge >= 0.3 is 16.1 Å². The Hall–Kier alpha value is -4.05. The highest BCUT2D eigenvalue weighted by Crippen LogP contribution is 2.29. The molecule has 4 N–H and O–H groups in total. The number of amidine groups is 1. The van der Waals surface area contributed by atoms with Crippen LogP contribution in [0.15, 0.2) is 66.7 Å². The molecule has 0 radical (unpaired) electrons. The molecule has 0 saturated heterocycles. The maximum Gasteiger partial charge on any atom is 0.354 e. The van der Waals surface area contributed by atoms with Crippen molar-refractivity contribution in [2.24, 2.45) is 5.73 Å². The summed E-state index contributed by atoms with van der Waals surface area (Å²) in [6, 6.07) is 15.8. The summed E-state index contributed by atoms with van der Waals surface area (Å²) in [5.74, 6) is -2.68. The van der Waals surface area contributed by atoms with Gasteiger partial charge in [-0.2, -0.15) is 8.42 Å². The first-order valence-electron chi connectivity index (χ1n) is 9.14. The van der Waals surface area contributed by atoms with E-state index in [4.69, 9.17) is 11.1 Å². The summed E-state index contributed by atoms with van der Waals surface area (Å²) in [6.07, 6.45) is 0.697. The monoisotopic (exact) mass is 455 g/mol. The second kappa shape index (κ2) is 8.98. The molecule has 0 aliphatic heterocycles. The summed E-state index contributed by atoms with van der Waals surface area (Å²) in [7, 11) is -4.14. The Balaban J connectivity index is 2.00. The minimum absolute atomic E-state index is 0.113. The molecule has 0 bridgehead atoms. The van der Waals surface area contributed by atoms with E-state index >= 15 is 0 Å². The van der Waals surface area contributed by atoms with Crippen LogP contribution in [0.25, 0.3) is 11.1 Å². The SMILES string of the molecule is CS(=O)(=O)OC(=O)c1cc(F)ccc1-c1ccccc1C(=O)Nc1ccc(C(=N)N)cc1. The third kappa shape index (κ3) is 5.35. The van der Waals surface area contributed by atoms with Crippen LogP contribution in [-0.2, 0) is 14.3 Å². The van der Waals surface area contributed by atoms with Gasteiger partial charge in [0.25, 0.3) is 5.91 Å². The molecule has 0 fully saturated rings. The Kier molecular flexibility index (Phi) is 6.35. The summed E-state index contributed by atoms with van der Waals surface area (Å²) >= 11 is 0. The molecule has 0 aliphatic carbocycles. The third-order valence-corrected chi connectivity index (χ3v) is 4.80. The second-order valence-electron chi connectivity index (χ2n) is 6.76. The van der Waals surface area contributed by atoms with E-state index in [2.05, 4.69) is 9.50 Å². The Morgan fingerprint density at radius 2 is 1.59 bits per heavy atom. The summed E-state index contributed by atoms with van der Waals surface area (Å²) in [4.78, 5) is 25.3. The molecule has 0 spiro atoms. The number of amides is 1. The van der Waals surface area contributed by atoms with Crippen LogP contribution in [0.1, 0.15) is 26.3 Å². The van der Waals surface area contributed by atoms with Crippen LogP contribution < -0.4 is 11.1 Å². The van der Waals surface area contributed by atoms with Crippen LogP contribution in [0, 0.1) is 11.2 Å². The summed E-state index contributed by atoms with van der Waals surface area (Å²) in [6.45, 7) is 0. The Labute approximate surface area is 183 Å². The Morgan fingerprint density at radius 3 is 2.22 bits per heavy atom. The van der Waals surface area contributed by atoms with Crippen LogP contribution in [-0.4, -0.2) is 32.4 Å². The first-order valence-corrected chi connectivity index (χ1v) is 11.0. The van der Waals surface area contributed by atoms with Crippen molar-refractivity contribution in [2.75, 3.05) is 11.6 Å². The van der Waals surface area contributed by atoms with Gasteiger partial charge in [-0.3, -0.25) is 10.2 Å². The lowest BCUT2D eigenvalue weighted by Gasteiger charge is -2.14. The normalized spacial score (nSPS) is 10.9. The quantitative estimate of drug-likeness (QED) is 0.296. The molecule has 0 aliphatic rings. The van der Waals surface area contributed by atoms with Crippen molar-refractivity contribution in [3.8, 4) is 11.1 Å². The van der Waals surface area contributed by atoms with Gasteiger partial charge in [-0.05, 0) is 53.6 Å². The van der Waals surface area contributed by atoms with Gasteiger partial charge in [0.05, 0.1) is 11.8 Å². The molecule has 3 rings (SSSR count).